The maximum Gasteiger partial charge on any atom is 0.336 e. The first kappa shape index (κ1) is 20.8. The van der Waals surface area contributed by atoms with Gasteiger partial charge >= 0.3 is 5.97 Å². The van der Waals surface area contributed by atoms with Crippen LogP contribution in [0.15, 0.2) is 83.8 Å². The van der Waals surface area contributed by atoms with E-state index in [1.807, 2.05) is 12.1 Å². The SMILES string of the molecule is CS(=O)(=O)c1ccc(-n2nc(-c3ccccc3C(=O)O)cc2-c2ccc(Cl)cc2)cc1. The summed E-state index contributed by atoms with van der Waals surface area (Å²) in [7, 11) is -3.33. The molecule has 156 valence electrons. The summed E-state index contributed by atoms with van der Waals surface area (Å²) >= 11 is 6.03. The van der Waals surface area contributed by atoms with Crippen molar-refractivity contribution in [2.75, 3.05) is 6.26 Å². The van der Waals surface area contributed by atoms with Crippen LogP contribution in [-0.2, 0) is 9.84 Å². The summed E-state index contributed by atoms with van der Waals surface area (Å²) < 4.78 is 25.3. The van der Waals surface area contributed by atoms with Crippen molar-refractivity contribution in [3.63, 3.8) is 0 Å². The van der Waals surface area contributed by atoms with Crippen molar-refractivity contribution in [2.24, 2.45) is 0 Å². The Bertz CT molecular complexity index is 1380. The van der Waals surface area contributed by atoms with E-state index in [1.165, 1.54) is 18.2 Å². The van der Waals surface area contributed by atoms with E-state index in [1.54, 1.807) is 53.2 Å². The molecule has 8 heteroatoms. The Kier molecular flexibility index (Phi) is 5.39. The average molecular weight is 453 g/mol. The molecule has 0 fully saturated rings. The fraction of sp³-hybridized carbons (Fsp3) is 0.0435. The Labute approximate surface area is 184 Å². The van der Waals surface area contributed by atoms with Gasteiger partial charge in [0.25, 0.3) is 0 Å². The normalized spacial score (nSPS) is 11.4. The lowest BCUT2D eigenvalue weighted by Gasteiger charge is -2.08. The van der Waals surface area contributed by atoms with Gasteiger partial charge in [-0.3, -0.25) is 0 Å². The Morgan fingerprint density at radius 3 is 2.23 bits per heavy atom. The summed E-state index contributed by atoms with van der Waals surface area (Å²) in [4.78, 5) is 11.9. The first-order chi connectivity index (χ1) is 14.7. The van der Waals surface area contributed by atoms with E-state index in [9.17, 15) is 18.3 Å². The van der Waals surface area contributed by atoms with Crippen LogP contribution >= 0.6 is 11.6 Å². The number of nitrogens with zero attached hydrogens (tertiary/aromatic N) is 2. The lowest BCUT2D eigenvalue weighted by atomic mass is 10.0. The van der Waals surface area contributed by atoms with Crippen molar-refractivity contribution in [3.8, 4) is 28.2 Å². The van der Waals surface area contributed by atoms with Crippen LogP contribution < -0.4 is 0 Å². The van der Waals surface area contributed by atoms with Gasteiger partial charge in [-0.25, -0.2) is 17.9 Å². The largest absolute Gasteiger partial charge is 0.478 e. The molecule has 1 N–H and O–H groups in total. The van der Waals surface area contributed by atoms with Crippen LogP contribution in [0.2, 0.25) is 5.02 Å². The maximum absolute atomic E-state index is 11.8. The third kappa shape index (κ3) is 4.23. The zero-order valence-electron chi connectivity index (χ0n) is 16.4. The van der Waals surface area contributed by atoms with Crippen molar-refractivity contribution in [2.45, 2.75) is 4.90 Å². The van der Waals surface area contributed by atoms with Crippen LogP contribution in [-0.4, -0.2) is 35.5 Å². The lowest BCUT2D eigenvalue weighted by molar-refractivity contribution is 0.0697. The molecular weight excluding hydrogens is 436 g/mol. The van der Waals surface area contributed by atoms with Crippen molar-refractivity contribution in [1.82, 2.24) is 9.78 Å². The number of carboxylic acids is 1. The molecule has 0 aliphatic rings. The van der Waals surface area contributed by atoms with E-state index >= 15 is 0 Å². The van der Waals surface area contributed by atoms with Crippen LogP contribution in [0.1, 0.15) is 10.4 Å². The molecule has 0 atom stereocenters. The Hall–Kier alpha value is -3.42. The van der Waals surface area contributed by atoms with E-state index in [4.69, 9.17) is 11.6 Å². The number of aromatic nitrogens is 2. The molecule has 0 aliphatic carbocycles. The molecule has 0 aliphatic heterocycles. The van der Waals surface area contributed by atoms with Gasteiger partial charge in [0.15, 0.2) is 9.84 Å². The molecule has 0 saturated heterocycles. The zero-order chi connectivity index (χ0) is 22.2. The monoisotopic (exact) mass is 452 g/mol. The molecule has 0 amide bonds. The van der Waals surface area contributed by atoms with E-state index in [0.29, 0.717) is 27.7 Å². The summed E-state index contributed by atoms with van der Waals surface area (Å²) in [5.41, 5.74) is 3.27. The Balaban J connectivity index is 1.92. The Morgan fingerprint density at radius 2 is 1.61 bits per heavy atom. The zero-order valence-corrected chi connectivity index (χ0v) is 17.9. The van der Waals surface area contributed by atoms with Crippen LogP contribution in [0.5, 0.6) is 0 Å². The minimum atomic E-state index is -3.33. The molecule has 0 unspecified atom stereocenters. The molecular formula is C23H17ClN2O4S. The number of carboxylic acid groups (broad SMARTS) is 1. The Morgan fingerprint density at radius 1 is 0.968 bits per heavy atom. The van der Waals surface area contributed by atoms with Gasteiger partial charge in [0.1, 0.15) is 0 Å². The summed E-state index contributed by atoms with van der Waals surface area (Å²) in [5.74, 6) is -1.05. The molecule has 0 spiro atoms. The highest BCUT2D eigenvalue weighted by molar-refractivity contribution is 7.90. The second-order valence-corrected chi connectivity index (χ2v) is 9.40. The van der Waals surface area contributed by atoms with Crippen molar-refractivity contribution >= 4 is 27.4 Å². The highest BCUT2D eigenvalue weighted by atomic mass is 35.5. The number of rotatable bonds is 5. The third-order valence-corrected chi connectivity index (χ3v) is 6.17. The second-order valence-electron chi connectivity index (χ2n) is 6.95. The van der Waals surface area contributed by atoms with Crippen molar-refractivity contribution < 1.29 is 18.3 Å². The predicted molar refractivity (Wildman–Crippen MR) is 120 cm³/mol. The van der Waals surface area contributed by atoms with Crippen LogP contribution in [0, 0.1) is 0 Å². The summed E-state index contributed by atoms with van der Waals surface area (Å²) in [6, 6.07) is 22.0. The van der Waals surface area contributed by atoms with E-state index in [0.717, 1.165) is 11.8 Å². The van der Waals surface area contributed by atoms with Crippen LogP contribution in [0.25, 0.3) is 28.2 Å². The quantitative estimate of drug-likeness (QED) is 0.462. The maximum atomic E-state index is 11.8. The lowest BCUT2D eigenvalue weighted by Crippen LogP contribution is -2.02. The molecule has 1 heterocycles. The summed E-state index contributed by atoms with van der Waals surface area (Å²) in [5, 5.41) is 14.8. The first-order valence-electron chi connectivity index (χ1n) is 9.23. The van der Waals surface area contributed by atoms with E-state index in [2.05, 4.69) is 5.10 Å². The van der Waals surface area contributed by atoms with Gasteiger partial charge in [-0.1, -0.05) is 41.9 Å². The smallest absolute Gasteiger partial charge is 0.336 e. The molecule has 1 aromatic heterocycles. The van der Waals surface area contributed by atoms with Gasteiger partial charge in [0.2, 0.25) is 0 Å². The molecule has 0 radical (unpaired) electrons. The molecule has 31 heavy (non-hydrogen) atoms. The number of carbonyl (C=O) groups is 1. The van der Waals surface area contributed by atoms with Crippen LogP contribution in [0.3, 0.4) is 0 Å². The highest BCUT2D eigenvalue weighted by Crippen LogP contribution is 2.31. The van der Waals surface area contributed by atoms with Gasteiger partial charge in [0, 0.05) is 22.4 Å². The second kappa shape index (κ2) is 8.02. The fourth-order valence-electron chi connectivity index (χ4n) is 3.26. The predicted octanol–water partition coefficient (Wildman–Crippen LogP) is 4.96. The molecule has 0 bridgehead atoms. The van der Waals surface area contributed by atoms with Gasteiger partial charge in [-0.2, -0.15) is 5.10 Å². The van der Waals surface area contributed by atoms with Gasteiger partial charge in [-0.15, -0.1) is 0 Å². The molecule has 4 rings (SSSR count). The van der Waals surface area contributed by atoms with E-state index < -0.39 is 15.8 Å². The number of benzene rings is 3. The van der Waals surface area contributed by atoms with Crippen LogP contribution in [0.4, 0.5) is 0 Å². The topological polar surface area (TPSA) is 89.3 Å². The first-order valence-corrected chi connectivity index (χ1v) is 11.5. The number of aromatic carboxylic acids is 1. The molecule has 6 nitrogen and oxygen atoms in total. The summed E-state index contributed by atoms with van der Waals surface area (Å²) in [6.45, 7) is 0. The molecule has 4 aromatic rings. The summed E-state index contributed by atoms with van der Waals surface area (Å²) in [6.07, 6.45) is 1.15. The van der Waals surface area contributed by atoms with Gasteiger partial charge in [0.05, 0.1) is 27.5 Å². The minimum Gasteiger partial charge on any atom is -0.478 e. The minimum absolute atomic E-state index is 0.141. The number of halogens is 1. The highest BCUT2D eigenvalue weighted by Gasteiger charge is 2.18. The van der Waals surface area contributed by atoms with E-state index in [-0.39, 0.29) is 10.5 Å². The number of hydrogen-bond donors (Lipinski definition) is 1. The van der Waals surface area contributed by atoms with Crippen molar-refractivity contribution in [3.05, 3.63) is 89.4 Å². The fourth-order valence-corrected chi connectivity index (χ4v) is 4.02. The number of hydrogen-bond acceptors (Lipinski definition) is 4. The van der Waals surface area contributed by atoms with Crippen molar-refractivity contribution in [1.29, 1.82) is 0 Å². The average Bonchev–Trinajstić information content (AvgIpc) is 3.19. The van der Waals surface area contributed by atoms with Gasteiger partial charge in [-0.05, 0) is 48.5 Å². The molecule has 0 saturated carbocycles. The number of sulfone groups is 1. The third-order valence-electron chi connectivity index (χ3n) is 4.79. The molecule has 3 aromatic carbocycles. The standard InChI is InChI=1S/C23H17ClN2O4S/c1-31(29,30)18-12-10-17(11-13-18)26-22(15-6-8-16(24)9-7-15)14-21(25-26)19-4-2-3-5-20(19)23(27)28/h2-14H,1H3,(H,27,28). The van der Waals surface area contributed by atoms with Gasteiger partial charge < -0.3 is 5.11 Å².